The Kier molecular flexibility index (Phi) is 5.74. The first kappa shape index (κ1) is 17.4. The summed E-state index contributed by atoms with van der Waals surface area (Å²) >= 11 is 9.08. The number of nitrogens with one attached hydrogen (secondary N) is 1. The summed E-state index contributed by atoms with van der Waals surface area (Å²) in [6.45, 7) is 1.32. The molecular formula is C16H12BrClFNO3. The van der Waals surface area contributed by atoms with Crippen LogP contribution in [0.1, 0.15) is 15.9 Å². The van der Waals surface area contributed by atoms with Gasteiger partial charge in [0.25, 0.3) is 5.91 Å². The zero-order chi connectivity index (χ0) is 17.0. The third kappa shape index (κ3) is 4.77. The SMILES string of the molecule is Cc1ccc(NC(=O)COC(=O)c2ccc(Br)cc2F)c(Cl)c1. The maximum atomic E-state index is 13.6. The van der Waals surface area contributed by atoms with Gasteiger partial charge in [-0.05, 0) is 42.8 Å². The maximum absolute atomic E-state index is 13.6. The number of anilines is 1. The highest BCUT2D eigenvalue weighted by atomic mass is 79.9. The number of benzene rings is 2. The first-order chi connectivity index (χ1) is 10.9. The van der Waals surface area contributed by atoms with Crippen LogP contribution in [0.15, 0.2) is 40.9 Å². The number of carbonyl (C=O) groups is 2. The summed E-state index contributed by atoms with van der Waals surface area (Å²) in [5.41, 5.74) is 1.12. The molecule has 0 aliphatic heterocycles. The van der Waals surface area contributed by atoms with Gasteiger partial charge in [-0.25, -0.2) is 9.18 Å². The van der Waals surface area contributed by atoms with Crippen molar-refractivity contribution >= 4 is 45.1 Å². The molecule has 0 aromatic heterocycles. The lowest BCUT2D eigenvalue weighted by Gasteiger charge is -2.09. The number of carbonyl (C=O) groups excluding carboxylic acids is 2. The second-order valence-corrected chi connectivity index (χ2v) is 6.05. The van der Waals surface area contributed by atoms with E-state index in [1.54, 1.807) is 18.2 Å². The summed E-state index contributed by atoms with van der Waals surface area (Å²) in [7, 11) is 0. The fourth-order valence-electron chi connectivity index (χ4n) is 1.77. The highest BCUT2D eigenvalue weighted by Crippen LogP contribution is 2.22. The first-order valence-electron chi connectivity index (χ1n) is 6.55. The van der Waals surface area contributed by atoms with Gasteiger partial charge >= 0.3 is 5.97 Å². The van der Waals surface area contributed by atoms with E-state index in [2.05, 4.69) is 21.2 Å². The summed E-state index contributed by atoms with van der Waals surface area (Å²) < 4.78 is 18.9. The van der Waals surface area contributed by atoms with E-state index in [0.29, 0.717) is 15.2 Å². The van der Waals surface area contributed by atoms with Gasteiger partial charge in [-0.2, -0.15) is 0 Å². The van der Waals surface area contributed by atoms with Crippen LogP contribution in [-0.4, -0.2) is 18.5 Å². The number of hydrogen-bond donors (Lipinski definition) is 1. The van der Waals surface area contributed by atoms with Crippen molar-refractivity contribution in [3.05, 3.63) is 62.8 Å². The molecule has 120 valence electrons. The van der Waals surface area contributed by atoms with E-state index in [0.717, 1.165) is 11.6 Å². The van der Waals surface area contributed by atoms with Crippen LogP contribution in [0, 0.1) is 12.7 Å². The Morgan fingerprint density at radius 2 is 2.00 bits per heavy atom. The number of ether oxygens (including phenoxy) is 1. The number of aryl methyl sites for hydroxylation is 1. The fourth-order valence-corrected chi connectivity index (χ4v) is 2.39. The van der Waals surface area contributed by atoms with Crippen molar-refractivity contribution in [1.29, 1.82) is 0 Å². The molecule has 0 spiro atoms. The molecule has 23 heavy (non-hydrogen) atoms. The predicted molar refractivity (Wildman–Crippen MR) is 89.2 cm³/mol. The molecule has 0 heterocycles. The molecule has 7 heteroatoms. The van der Waals surface area contributed by atoms with Crippen molar-refractivity contribution in [2.45, 2.75) is 6.92 Å². The molecule has 2 aromatic carbocycles. The van der Waals surface area contributed by atoms with Gasteiger partial charge < -0.3 is 10.1 Å². The fraction of sp³-hybridized carbons (Fsp3) is 0.125. The molecule has 0 aliphatic carbocycles. The zero-order valence-corrected chi connectivity index (χ0v) is 14.4. The summed E-state index contributed by atoms with van der Waals surface area (Å²) in [6, 6.07) is 9.04. The quantitative estimate of drug-likeness (QED) is 0.777. The van der Waals surface area contributed by atoms with E-state index in [4.69, 9.17) is 16.3 Å². The molecule has 1 N–H and O–H groups in total. The molecular weight excluding hydrogens is 389 g/mol. The Balaban J connectivity index is 1.94. The standard InChI is InChI=1S/C16H12BrClFNO3/c1-9-2-5-14(12(18)6-9)20-15(21)8-23-16(22)11-4-3-10(17)7-13(11)19/h2-7H,8H2,1H3,(H,20,21). The van der Waals surface area contributed by atoms with Crippen LogP contribution in [0.25, 0.3) is 0 Å². The van der Waals surface area contributed by atoms with Gasteiger partial charge in [0, 0.05) is 4.47 Å². The van der Waals surface area contributed by atoms with E-state index in [1.807, 2.05) is 6.92 Å². The van der Waals surface area contributed by atoms with Crippen LogP contribution < -0.4 is 5.32 Å². The molecule has 1 amide bonds. The van der Waals surface area contributed by atoms with E-state index >= 15 is 0 Å². The molecule has 0 saturated carbocycles. The third-order valence-electron chi connectivity index (χ3n) is 2.88. The summed E-state index contributed by atoms with van der Waals surface area (Å²) in [5, 5.41) is 2.90. The lowest BCUT2D eigenvalue weighted by Crippen LogP contribution is -2.21. The Hall–Kier alpha value is -1.92. The third-order valence-corrected chi connectivity index (χ3v) is 3.69. The number of halogens is 3. The summed E-state index contributed by atoms with van der Waals surface area (Å²) in [5.74, 6) is -2.21. The molecule has 0 bridgehead atoms. The lowest BCUT2D eigenvalue weighted by atomic mass is 10.2. The highest BCUT2D eigenvalue weighted by molar-refractivity contribution is 9.10. The van der Waals surface area contributed by atoms with Gasteiger partial charge in [0.15, 0.2) is 6.61 Å². The van der Waals surface area contributed by atoms with Gasteiger partial charge in [0.1, 0.15) is 5.82 Å². The van der Waals surface area contributed by atoms with Crippen molar-refractivity contribution in [2.24, 2.45) is 0 Å². The average molecular weight is 401 g/mol. The Bertz CT molecular complexity index is 767. The van der Waals surface area contributed by atoms with Crippen LogP contribution in [0.5, 0.6) is 0 Å². The van der Waals surface area contributed by atoms with Gasteiger partial charge in [-0.1, -0.05) is 33.6 Å². The molecule has 0 unspecified atom stereocenters. The molecule has 0 aliphatic rings. The van der Waals surface area contributed by atoms with Crippen LogP contribution in [0.3, 0.4) is 0 Å². The Morgan fingerprint density at radius 3 is 2.65 bits per heavy atom. The normalized spacial score (nSPS) is 10.3. The molecule has 2 rings (SSSR count). The molecule has 4 nitrogen and oxygen atoms in total. The van der Waals surface area contributed by atoms with E-state index in [9.17, 15) is 14.0 Å². The second kappa shape index (κ2) is 7.57. The van der Waals surface area contributed by atoms with E-state index in [1.165, 1.54) is 12.1 Å². The Morgan fingerprint density at radius 1 is 1.26 bits per heavy atom. The largest absolute Gasteiger partial charge is 0.452 e. The average Bonchev–Trinajstić information content (AvgIpc) is 2.48. The zero-order valence-electron chi connectivity index (χ0n) is 12.0. The van der Waals surface area contributed by atoms with Crippen LogP contribution in [-0.2, 0) is 9.53 Å². The molecule has 0 saturated heterocycles. The topological polar surface area (TPSA) is 55.4 Å². The number of esters is 1. The molecule has 2 aromatic rings. The first-order valence-corrected chi connectivity index (χ1v) is 7.72. The van der Waals surface area contributed by atoms with E-state index < -0.39 is 24.3 Å². The van der Waals surface area contributed by atoms with Crippen molar-refractivity contribution in [1.82, 2.24) is 0 Å². The van der Waals surface area contributed by atoms with Crippen LogP contribution in [0.4, 0.5) is 10.1 Å². The van der Waals surface area contributed by atoms with Crippen LogP contribution in [0.2, 0.25) is 5.02 Å². The smallest absolute Gasteiger partial charge is 0.341 e. The second-order valence-electron chi connectivity index (χ2n) is 4.73. The van der Waals surface area contributed by atoms with Gasteiger partial charge in [-0.15, -0.1) is 0 Å². The van der Waals surface area contributed by atoms with Crippen molar-refractivity contribution in [3.8, 4) is 0 Å². The van der Waals surface area contributed by atoms with Crippen molar-refractivity contribution in [3.63, 3.8) is 0 Å². The minimum absolute atomic E-state index is 0.241. The number of amides is 1. The van der Waals surface area contributed by atoms with Crippen LogP contribution >= 0.6 is 27.5 Å². The van der Waals surface area contributed by atoms with Gasteiger partial charge in [0.05, 0.1) is 16.3 Å². The lowest BCUT2D eigenvalue weighted by molar-refractivity contribution is -0.119. The predicted octanol–water partition coefficient (Wildman–Crippen LogP) is 4.35. The number of hydrogen-bond acceptors (Lipinski definition) is 3. The Labute approximate surface area is 145 Å². The van der Waals surface area contributed by atoms with Gasteiger partial charge in [-0.3, -0.25) is 4.79 Å². The van der Waals surface area contributed by atoms with Crippen molar-refractivity contribution in [2.75, 3.05) is 11.9 Å². The summed E-state index contributed by atoms with van der Waals surface area (Å²) in [4.78, 5) is 23.5. The monoisotopic (exact) mass is 399 g/mol. The van der Waals surface area contributed by atoms with E-state index in [-0.39, 0.29) is 5.56 Å². The summed E-state index contributed by atoms with van der Waals surface area (Å²) in [6.07, 6.45) is 0. The molecule has 0 fully saturated rings. The number of rotatable bonds is 4. The van der Waals surface area contributed by atoms with Crippen molar-refractivity contribution < 1.29 is 18.7 Å². The molecule has 0 atom stereocenters. The minimum atomic E-state index is -0.917. The minimum Gasteiger partial charge on any atom is -0.452 e. The maximum Gasteiger partial charge on any atom is 0.341 e. The highest BCUT2D eigenvalue weighted by Gasteiger charge is 2.15. The molecule has 0 radical (unpaired) electrons. The van der Waals surface area contributed by atoms with Gasteiger partial charge in [0.2, 0.25) is 0 Å².